The fraction of sp³-hybridized carbons (Fsp3) is 0.235. The molecule has 10 heteroatoms. The number of nitrogens with two attached hydrogens (primary N) is 1. The van der Waals surface area contributed by atoms with Gasteiger partial charge in [-0.1, -0.05) is 12.1 Å². The average molecular weight is 418 g/mol. The van der Waals surface area contributed by atoms with Crippen molar-refractivity contribution in [2.24, 2.45) is 5.14 Å². The third kappa shape index (κ3) is 5.72. The largest absolute Gasteiger partial charge is 0.446 e. The minimum absolute atomic E-state index is 0.00617. The van der Waals surface area contributed by atoms with Gasteiger partial charge in [-0.05, 0) is 60.6 Å². The van der Waals surface area contributed by atoms with Crippen LogP contribution in [0.5, 0.6) is 0 Å². The van der Waals surface area contributed by atoms with Gasteiger partial charge in [0.15, 0.2) is 0 Å². The molecule has 146 valence electrons. The van der Waals surface area contributed by atoms with Gasteiger partial charge in [-0.3, -0.25) is 4.79 Å². The molecule has 0 spiro atoms. The second-order valence-corrected chi connectivity index (χ2v) is 8.48. The lowest BCUT2D eigenvalue weighted by Crippen LogP contribution is -2.29. The van der Waals surface area contributed by atoms with E-state index in [-0.39, 0.29) is 33.0 Å². The number of amides is 1. The van der Waals surface area contributed by atoms with Crippen molar-refractivity contribution in [1.29, 1.82) is 0 Å². The summed E-state index contributed by atoms with van der Waals surface area (Å²) in [6, 6.07) is 10.6. The van der Waals surface area contributed by atoms with Crippen molar-refractivity contribution in [1.82, 2.24) is 4.90 Å². The molecule has 0 aliphatic heterocycles. The minimum atomic E-state index is -4.39. The van der Waals surface area contributed by atoms with E-state index < -0.39 is 21.6 Å². The van der Waals surface area contributed by atoms with Crippen molar-refractivity contribution in [3.63, 3.8) is 0 Å². The lowest BCUT2D eigenvalue weighted by molar-refractivity contribution is -0.0328. The molecule has 0 saturated heterocycles. The molecule has 0 bridgehead atoms. The molecular weight excluding hydrogens is 401 g/mol. The van der Waals surface area contributed by atoms with E-state index >= 15 is 0 Å². The van der Waals surface area contributed by atoms with Crippen LogP contribution >= 0.6 is 11.8 Å². The third-order valence-electron chi connectivity index (χ3n) is 3.93. The Kier molecular flexibility index (Phi) is 6.23. The number of nitrogens with zero attached hydrogens (tertiary/aromatic N) is 1. The number of primary sulfonamides is 1. The topological polar surface area (TPSA) is 80.5 Å². The first-order valence-electron chi connectivity index (χ1n) is 7.64. The molecule has 0 heterocycles. The highest BCUT2D eigenvalue weighted by Gasteiger charge is 2.29. The van der Waals surface area contributed by atoms with Crippen molar-refractivity contribution < 1.29 is 26.4 Å². The first kappa shape index (κ1) is 21.3. The van der Waals surface area contributed by atoms with Crippen molar-refractivity contribution in [2.75, 3.05) is 7.05 Å². The maximum Gasteiger partial charge on any atom is 0.446 e. The van der Waals surface area contributed by atoms with Crippen LogP contribution in [0.2, 0.25) is 0 Å². The third-order valence-corrected chi connectivity index (χ3v) is 5.60. The van der Waals surface area contributed by atoms with Gasteiger partial charge in [0.2, 0.25) is 10.0 Å². The molecule has 0 aliphatic carbocycles. The van der Waals surface area contributed by atoms with E-state index in [2.05, 4.69) is 0 Å². The number of carbonyl (C=O) groups excluding carboxylic acids is 1. The van der Waals surface area contributed by atoms with Gasteiger partial charge >= 0.3 is 5.51 Å². The number of carbonyl (C=O) groups is 1. The van der Waals surface area contributed by atoms with Crippen molar-refractivity contribution in [3.05, 3.63) is 59.7 Å². The standard InChI is InChI=1S/C17H17F3N2O3S2/c1-11(12-5-9-15(10-6-12)27(21,24)25)22(2)16(23)13-3-7-14(8-4-13)26-17(18,19)20/h3-11H,1-2H3,(H2,21,24,25). The van der Waals surface area contributed by atoms with E-state index in [1.165, 1.54) is 41.3 Å². The first-order valence-corrected chi connectivity index (χ1v) is 10.0. The lowest BCUT2D eigenvalue weighted by atomic mass is 10.1. The summed E-state index contributed by atoms with van der Waals surface area (Å²) in [5.74, 6) is -0.374. The normalized spacial score (nSPS) is 13.3. The molecule has 0 aliphatic rings. The number of benzene rings is 2. The number of hydrogen-bond acceptors (Lipinski definition) is 4. The average Bonchev–Trinajstić information content (AvgIpc) is 2.58. The van der Waals surface area contributed by atoms with Gasteiger partial charge in [0.25, 0.3) is 5.91 Å². The van der Waals surface area contributed by atoms with Crippen molar-refractivity contribution in [3.8, 4) is 0 Å². The zero-order chi connectivity index (χ0) is 20.4. The first-order chi connectivity index (χ1) is 12.4. The Morgan fingerprint density at radius 2 is 1.59 bits per heavy atom. The Bertz CT molecular complexity index is 912. The Labute approximate surface area is 159 Å². The van der Waals surface area contributed by atoms with Crippen LogP contribution in [-0.2, 0) is 10.0 Å². The molecule has 1 unspecified atom stereocenters. The second kappa shape index (κ2) is 7.91. The van der Waals surface area contributed by atoms with Crippen LogP contribution in [-0.4, -0.2) is 31.8 Å². The quantitative estimate of drug-likeness (QED) is 0.750. The number of alkyl halides is 3. The van der Waals surface area contributed by atoms with E-state index in [0.717, 1.165) is 0 Å². The molecule has 5 nitrogen and oxygen atoms in total. The molecule has 2 rings (SSSR count). The van der Waals surface area contributed by atoms with Crippen LogP contribution in [0.4, 0.5) is 13.2 Å². The van der Waals surface area contributed by atoms with E-state index in [9.17, 15) is 26.4 Å². The van der Waals surface area contributed by atoms with Crippen molar-refractivity contribution in [2.45, 2.75) is 28.3 Å². The zero-order valence-electron chi connectivity index (χ0n) is 14.4. The highest BCUT2D eigenvalue weighted by Crippen LogP contribution is 2.36. The summed E-state index contributed by atoms with van der Waals surface area (Å²) in [6.45, 7) is 1.75. The lowest BCUT2D eigenvalue weighted by Gasteiger charge is -2.25. The SMILES string of the molecule is CC(c1ccc(S(N)(=O)=O)cc1)N(C)C(=O)c1ccc(SC(F)(F)F)cc1. The maximum atomic E-state index is 12.6. The maximum absolute atomic E-state index is 12.6. The number of halogens is 3. The van der Waals surface area contributed by atoms with Gasteiger partial charge in [0, 0.05) is 17.5 Å². The Balaban J connectivity index is 2.14. The zero-order valence-corrected chi connectivity index (χ0v) is 16.0. The molecule has 0 aromatic heterocycles. The van der Waals surface area contributed by atoms with Crippen LogP contribution in [0, 0.1) is 0 Å². The van der Waals surface area contributed by atoms with E-state index in [0.29, 0.717) is 5.56 Å². The highest BCUT2D eigenvalue weighted by molar-refractivity contribution is 8.00. The fourth-order valence-electron chi connectivity index (χ4n) is 2.34. The van der Waals surface area contributed by atoms with Crippen LogP contribution < -0.4 is 5.14 Å². The van der Waals surface area contributed by atoms with Crippen LogP contribution in [0.1, 0.15) is 28.9 Å². The molecule has 0 saturated carbocycles. The minimum Gasteiger partial charge on any atom is -0.335 e. The van der Waals surface area contributed by atoms with Gasteiger partial charge in [-0.2, -0.15) is 13.2 Å². The van der Waals surface area contributed by atoms with Crippen molar-refractivity contribution >= 4 is 27.7 Å². The number of sulfonamides is 1. The van der Waals surface area contributed by atoms with Crippen LogP contribution in [0.25, 0.3) is 0 Å². The number of rotatable bonds is 5. The highest BCUT2D eigenvalue weighted by atomic mass is 32.2. The number of thioether (sulfide) groups is 1. The summed E-state index contributed by atoms with van der Waals surface area (Å²) in [5, 5.41) is 5.05. The Morgan fingerprint density at radius 1 is 1.07 bits per heavy atom. The van der Waals surface area contributed by atoms with Gasteiger partial charge < -0.3 is 4.90 Å². The summed E-state index contributed by atoms with van der Waals surface area (Å²) in [6.07, 6.45) is 0. The predicted octanol–water partition coefficient (Wildman–Crippen LogP) is 3.78. The van der Waals surface area contributed by atoms with Gasteiger partial charge in [0.1, 0.15) is 0 Å². The van der Waals surface area contributed by atoms with Gasteiger partial charge in [-0.25, -0.2) is 13.6 Å². The van der Waals surface area contributed by atoms with Crippen LogP contribution in [0.3, 0.4) is 0 Å². The molecule has 0 fully saturated rings. The summed E-state index contributed by atoms with van der Waals surface area (Å²) in [7, 11) is -2.25. The molecule has 1 amide bonds. The molecule has 2 aromatic carbocycles. The molecule has 0 radical (unpaired) electrons. The fourth-order valence-corrected chi connectivity index (χ4v) is 3.39. The second-order valence-electron chi connectivity index (χ2n) is 5.78. The summed E-state index contributed by atoms with van der Waals surface area (Å²) < 4.78 is 59.7. The van der Waals surface area contributed by atoms with E-state index in [1.54, 1.807) is 26.1 Å². The Morgan fingerprint density at radius 3 is 2.04 bits per heavy atom. The van der Waals surface area contributed by atoms with Gasteiger partial charge in [0.05, 0.1) is 10.9 Å². The van der Waals surface area contributed by atoms with Crippen LogP contribution in [0.15, 0.2) is 58.3 Å². The molecular formula is C17H17F3N2O3S2. The molecule has 27 heavy (non-hydrogen) atoms. The molecule has 1 atom stereocenters. The van der Waals surface area contributed by atoms with Gasteiger partial charge in [-0.15, -0.1) is 0 Å². The molecule has 2 aromatic rings. The molecule has 2 N–H and O–H groups in total. The van der Waals surface area contributed by atoms with E-state index in [1.807, 2.05) is 0 Å². The summed E-state index contributed by atoms with van der Waals surface area (Å²) in [4.78, 5) is 13.9. The predicted molar refractivity (Wildman–Crippen MR) is 96.7 cm³/mol. The summed E-state index contributed by atoms with van der Waals surface area (Å²) in [5.41, 5.74) is -3.46. The van der Waals surface area contributed by atoms with E-state index in [4.69, 9.17) is 5.14 Å². The number of hydrogen-bond donors (Lipinski definition) is 1. The summed E-state index contributed by atoms with van der Waals surface area (Å²) >= 11 is -0.248. The monoisotopic (exact) mass is 418 g/mol. The Hall–Kier alpha value is -2.04. The smallest absolute Gasteiger partial charge is 0.335 e.